The number of rotatable bonds is 3. The number of carbonyl (C=O) groups is 1. The molecule has 5 nitrogen and oxygen atoms in total. The number of carbonyl (C=O) groups excluding carboxylic acids is 1. The molecule has 1 aliphatic rings. The van der Waals surface area contributed by atoms with E-state index in [1.165, 1.54) is 4.31 Å². The van der Waals surface area contributed by atoms with Crippen molar-refractivity contribution in [3.05, 3.63) is 0 Å². The van der Waals surface area contributed by atoms with Crippen molar-refractivity contribution in [3.63, 3.8) is 0 Å². The van der Waals surface area contributed by atoms with Crippen LogP contribution in [-0.2, 0) is 14.8 Å². The van der Waals surface area contributed by atoms with E-state index in [0.717, 1.165) is 0 Å². The minimum absolute atomic E-state index is 0.0560. The van der Waals surface area contributed by atoms with Gasteiger partial charge in [0.25, 0.3) is 0 Å². The highest BCUT2D eigenvalue weighted by molar-refractivity contribution is 7.89. The average molecular weight is 241 g/mol. The Balaban J connectivity index is 2.70. The fourth-order valence-electron chi connectivity index (χ4n) is 1.24. The normalized spacial score (nSPS) is 20.2. The Morgan fingerprint density at radius 2 is 2.21 bits per heavy atom. The van der Waals surface area contributed by atoms with Crippen LogP contribution < -0.4 is 5.32 Å². The molecule has 0 aromatic rings. The highest BCUT2D eigenvalue weighted by Gasteiger charge is 2.25. The number of nitrogens with one attached hydrogen (secondary N) is 1. The zero-order valence-electron chi connectivity index (χ0n) is 7.70. The van der Waals surface area contributed by atoms with Gasteiger partial charge in [-0.05, 0) is 6.42 Å². The van der Waals surface area contributed by atoms with Crippen LogP contribution in [0.1, 0.15) is 6.42 Å². The minimum atomic E-state index is -3.35. The first-order valence-electron chi connectivity index (χ1n) is 4.37. The third-order valence-corrected chi connectivity index (χ3v) is 4.19. The first-order valence-corrected chi connectivity index (χ1v) is 6.51. The van der Waals surface area contributed by atoms with Crippen molar-refractivity contribution in [1.82, 2.24) is 9.62 Å². The van der Waals surface area contributed by atoms with E-state index in [4.69, 9.17) is 11.6 Å². The van der Waals surface area contributed by atoms with Gasteiger partial charge >= 0.3 is 0 Å². The lowest BCUT2D eigenvalue weighted by atomic mass is 10.4. The highest BCUT2D eigenvalue weighted by atomic mass is 35.5. The van der Waals surface area contributed by atoms with Crippen molar-refractivity contribution >= 4 is 27.5 Å². The molecule has 1 heterocycles. The molecule has 7 heteroatoms. The summed E-state index contributed by atoms with van der Waals surface area (Å²) in [5.41, 5.74) is 0. The topological polar surface area (TPSA) is 66.5 Å². The monoisotopic (exact) mass is 240 g/mol. The molecular weight excluding hydrogens is 228 g/mol. The van der Waals surface area contributed by atoms with Gasteiger partial charge in [0.1, 0.15) is 0 Å². The maximum atomic E-state index is 11.5. The van der Waals surface area contributed by atoms with Gasteiger partial charge in [0.15, 0.2) is 0 Å². The fraction of sp³-hybridized carbons (Fsp3) is 0.857. The van der Waals surface area contributed by atoms with E-state index in [9.17, 15) is 13.2 Å². The lowest BCUT2D eigenvalue weighted by molar-refractivity contribution is -0.120. The molecule has 1 amide bonds. The molecule has 0 aromatic carbocycles. The lowest BCUT2D eigenvalue weighted by Gasteiger charge is -2.17. The number of halogens is 1. The summed E-state index contributed by atoms with van der Waals surface area (Å²) in [6, 6.07) is 0. The summed E-state index contributed by atoms with van der Waals surface area (Å²) in [7, 11) is -3.35. The second kappa shape index (κ2) is 4.95. The van der Waals surface area contributed by atoms with Gasteiger partial charge in [0.2, 0.25) is 15.9 Å². The van der Waals surface area contributed by atoms with Crippen molar-refractivity contribution in [2.45, 2.75) is 6.42 Å². The molecular formula is C7H13ClN2O3S. The molecule has 82 valence electrons. The molecule has 1 aliphatic heterocycles. The lowest BCUT2D eigenvalue weighted by Crippen LogP contribution is -2.38. The molecule has 0 radical (unpaired) electrons. The van der Waals surface area contributed by atoms with E-state index in [2.05, 4.69) is 5.32 Å². The molecule has 1 rings (SSSR count). The van der Waals surface area contributed by atoms with E-state index < -0.39 is 10.0 Å². The van der Waals surface area contributed by atoms with Gasteiger partial charge in [-0.3, -0.25) is 4.79 Å². The maximum Gasteiger partial charge on any atom is 0.235 e. The summed E-state index contributed by atoms with van der Waals surface area (Å²) in [6.45, 7) is 0.836. The van der Waals surface area contributed by atoms with E-state index in [1.807, 2.05) is 0 Å². The standard InChI is InChI=1S/C7H13ClN2O3S/c8-2-5-14(12,13)10-4-1-3-9-7(11)6-10/h1-6H2,(H,9,11). The average Bonchev–Trinajstić information content (AvgIpc) is 2.30. The summed E-state index contributed by atoms with van der Waals surface area (Å²) in [5.74, 6) is -0.303. The summed E-state index contributed by atoms with van der Waals surface area (Å²) in [5, 5.41) is 2.61. The molecule has 0 atom stereocenters. The molecule has 0 aromatic heterocycles. The Hall–Kier alpha value is -0.330. The van der Waals surface area contributed by atoms with Gasteiger partial charge in [0.05, 0.1) is 12.3 Å². The predicted molar refractivity (Wildman–Crippen MR) is 53.7 cm³/mol. The van der Waals surface area contributed by atoms with E-state index in [1.54, 1.807) is 0 Å². The van der Waals surface area contributed by atoms with Crippen LogP contribution in [0, 0.1) is 0 Å². The first-order chi connectivity index (χ1) is 6.56. The van der Waals surface area contributed by atoms with Crippen molar-refractivity contribution in [1.29, 1.82) is 0 Å². The van der Waals surface area contributed by atoms with Gasteiger partial charge < -0.3 is 5.32 Å². The number of sulfonamides is 1. The van der Waals surface area contributed by atoms with E-state index in [-0.39, 0.29) is 24.1 Å². The van der Waals surface area contributed by atoms with E-state index >= 15 is 0 Å². The Kier molecular flexibility index (Phi) is 4.15. The van der Waals surface area contributed by atoms with Gasteiger partial charge in [-0.2, -0.15) is 4.31 Å². The summed E-state index contributed by atoms with van der Waals surface area (Å²) in [4.78, 5) is 11.1. The molecule has 1 saturated heterocycles. The van der Waals surface area contributed by atoms with E-state index in [0.29, 0.717) is 19.5 Å². The number of nitrogens with zero attached hydrogens (tertiary/aromatic N) is 1. The smallest absolute Gasteiger partial charge is 0.235 e. The molecule has 1 fully saturated rings. The zero-order valence-corrected chi connectivity index (χ0v) is 9.27. The number of hydrogen-bond acceptors (Lipinski definition) is 3. The molecule has 1 N–H and O–H groups in total. The molecule has 0 bridgehead atoms. The molecule has 0 saturated carbocycles. The zero-order chi connectivity index (χ0) is 10.6. The van der Waals surface area contributed by atoms with Crippen LogP contribution in [0.4, 0.5) is 0 Å². The molecule has 0 spiro atoms. The Morgan fingerprint density at radius 3 is 2.86 bits per heavy atom. The van der Waals surface area contributed by atoms with Crippen LogP contribution in [0.5, 0.6) is 0 Å². The Labute approximate surface area is 88.5 Å². The largest absolute Gasteiger partial charge is 0.355 e. The first kappa shape index (κ1) is 11.7. The third-order valence-electron chi connectivity index (χ3n) is 1.95. The van der Waals surface area contributed by atoms with Crippen molar-refractivity contribution in [2.24, 2.45) is 0 Å². The Morgan fingerprint density at radius 1 is 1.50 bits per heavy atom. The van der Waals surface area contributed by atoms with Crippen LogP contribution in [0.15, 0.2) is 0 Å². The SMILES string of the molecule is O=C1CN(S(=O)(=O)CCCl)CCCN1. The van der Waals surface area contributed by atoms with Crippen LogP contribution in [0.25, 0.3) is 0 Å². The van der Waals surface area contributed by atoms with Crippen molar-refractivity contribution < 1.29 is 13.2 Å². The number of amides is 1. The summed E-state index contributed by atoms with van der Waals surface area (Å²) >= 11 is 5.38. The minimum Gasteiger partial charge on any atom is -0.355 e. The Bertz CT molecular complexity index is 304. The second-order valence-electron chi connectivity index (χ2n) is 3.04. The number of hydrogen-bond donors (Lipinski definition) is 1. The molecule has 0 unspecified atom stereocenters. The third kappa shape index (κ3) is 3.11. The van der Waals surface area contributed by atoms with Crippen LogP contribution >= 0.6 is 11.6 Å². The number of alkyl halides is 1. The fourth-order valence-corrected chi connectivity index (χ4v) is 3.00. The quantitative estimate of drug-likeness (QED) is 0.669. The van der Waals surface area contributed by atoms with Crippen molar-refractivity contribution in [3.8, 4) is 0 Å². The summed E-state index contributed by atoms with van der Waals surface area (Å²) < 4.78 is 24.3. The molecule has 14 heavy (non-hydrogen) atoms. The van der Waals surface area contributed by atoms with Crippen molar-refractivity contribution in [2.75, 3.05) is 31.3 Å². The van der Waals surface area contributed by atoms with Gasteiger partial charge in [-0.1, -0.05) is 0 Å². The van der Waals surface area contributed by atoms with Gasteiger partial charge in [0, 0.05) is 19.0 Å². The maximum absolute atomic E-state index is 11.5. The highest BCUT2D eigenvalue weighted by Crippen LogP contribution is 2.05. The van der Waals surface area contributed by atoms with Crippen LogP contribution in [0.3, 0.4) is 0 Å². The van der Waals surface area contributed by atoms with Gasteiger partial charge in [-0.15, -0.1) is 11.6 Å². The van der Waals surface area contributed by atoms with Crippen LogP contribution in [-0.4, -0.2) is 49.9 Å². The second-order valence-corrected chi connectivity index (χ2v) is 5.51. The van der Waals surface area contributed by atoms with Crippen LogP contribution in [0.2, 0.25) is 0 Å². The van der Waals surface area contributed by atoms with Gasteiger partial charge in [-0.25, -0.2) is 8.42 Å². The molecule has 0 aliphatic carbocycles. The predicted octanol–water partition coefficient (Wildman–Crippen LogP) is -0.623. The summed E-state index contributed by atoms with van der Waals surface area (Å²) in [6.07, 6.45) is 0.646.